The highest BCUT2D eigenvalue weighted by molar-refractivity contribution is 6.37. The molecule has 3 aliphatic rings. The summed E-state index contributed by atoms with van der Waals surface area (Å²) in [5, 5.41) is 8.48. The zero-order chi connectivity index (χ0) is 19.8. The number of piperazine rings is 1. The number of benzene rings is 1. The normalized spacial score (nSPS) is 23.6. The lowest BCUT2D eigenvalue weighted by Crippen LogP contribution is -2.55. The van der Waals surface area contributed by atoms with Gasteiger partial charge in [-0.1, -0.05) is 56.0 Å². The van der Waals surface area contributed by atoms with Gasteiger partial charge in [0, 0.05) is 34.6 Å². The van der Waals surface area contributed by atoms with E-state index in [2.05, 4.69) is 36.8 Å². The van der Waals surface area contributed by atoms with Crippen LogP contribution in [0.1, 0.15) is 52.0 Å². The topological polar surface area (TPSA) is 31.2 Å². The minimum atomic E-state index is -0.00891. The number of aliphatic imine (C=N–C) groups is 1. The summed E-state index contributed by atoms with van der Waals surface area (Å²) in [5.41, 5.74) is 4.34. The molecule has 0 amide bonds. The van der Waals surface area contributed by atoms with Gasteiger partial charge in [0.1, 0.15) is 12.1 Å². The molecular weight excluding hydrogens is 391 g/mol. The third-order valence-electron chi connectivity index (χ3n) is 5.93. The van der Waals surface area contributed by atoms with Crippen molar-refractivity contribution >= 4 is 34.6 Å². The Balaban J connectivity index is 1.70. The summed E-state index contributed by atoms with van der Waals surface area (Å²) < 4.78 is 0. The van der Waals surface area contributed by atoms with Crippen molar-refractivity contribution in [1.29, 1.82) is 0 Å². The molecule has 28 heavy (non-hydrogen) atoms. The van der Waals surface area contributed by atoms with E-state index in [1.165, 1.54) is 31.4 Å². The Morgan fingerprint density at radius 2 is 1.89 bits per heavy atom. The fourth-order valence-corrected chi connectivity index (χ4v) is 5.29. The average Bonchev–Trinajstić information content (AvgIpc) is 3.01. The Morgan fingerprint density at radius 1 is 1.14 bits per heavy atom. The SMILES string of the molecule is CCCC(CCC)N1CCN2N=C(c3ccc(Cl)cc3Cl)C3N=C(C)C=C1C32. The van der Waals surface area contributed by atoms with E-state index < -0.39 is 0 Å². The van der Waals surface area contributed by atoms with E-state index in [1.54, 1.807) is 6.07 Å². The van der Waals surface area contributed by atoms with Crippen molar-refractivity contribution < 1.29 is 0 Å². The van der Waals surface area contributed by atoms with Gasteiger partial charge in [0.05, 0.1) is 17.3 Å². The minimum absolute atomic E-state index is 0.00891. The molecule has 6 heteroatoms. The fourth-order valence-electron chi connectivity index (χ4n) is 4.78. The minimum Gasteiger partial charge on any atom is -0.368 e. The Kier molecular flexibility index (Phi) is 5.71. The molecule has 0 radical (unpaired) electrons. The molecular formula is C22H28Cl2N4. The van der Waals surface area contributed by atoms with Gasteiger partial charge in [0.25, 0.3) is 0 Å². The van der Waals surface area contributed by atoms with Crippen LogP contribution in [-0.4, -0.2) is 52.5 Å². The number of nitrogens with zero attached hydrogens (tertiary/aromatic N) is 4. The van der Waals surface area contributed by atoms with Crippen LogP contribution in [0.2, 0.25) is 10.0 Å². The number of hydrogen-bond donors (Lipinski definition) is 0. The monoisotopic (exact) mass is 418 g/mol. The summed E-state index contributed by atoms with van der Waals surface area (Å²) in [6, 6.07) is 6.40. The Labute approximate surface area is 177 Å². The molecule has 0 aromatic heterocycles. The maximum absolute atomic E-state index is 6.52. The summed E-state index contributed by atoms with van der Waals surface area (Å²) in [4.78, 5) is 7.62. The number of halogens is 2. The van der Waals surface area contributed by atoms with Crippen LogP contribution >= 0.6 is 23.2 Å². The van der Waals surface area contributed by atoms with E-state index in [1.807, 2.05) is 12.1 Å². The Hall–Kier alpha value is -1.52. The molecule has 0 bridgehead atoms. The molecule has 0 saturated carbocycles. The van der Waals surface area contributed by atoms with Crippen molar-refractivity contribution in [2.45, 2.75) is 64.6 Å². The molecule has 150 valence electrons. The van der Waals surface area contributed by atoms with Crippen molar-refractivity contribution in [2.75, 3.05) is 13.1 Å². The second-order valence-corrected chi connectivity index (χ2v) is 8.77. The first-order valence-electron chi connectivity index (χ1n) is 10.4. The smallest absolute Gasteiger partial charge is 0.122 e. The molecule has 1 fully saturated rings. The molecule has 2 unspecified atom stereocenters. The number of hydrazone groups is 1. The Bertz CT molecular complexity index is 839. The van der Waals surface area contributed by atoms with E-state index in [9.17, 15) is 0 Å². The first-order valence-corrected chi connectivity index (χ1v) is 11.1. The molecule has 1 aromatic carbocycles. The third-order valence-corrected chi connectivity index (χ3v) is 6.48. The third kappa shape index (κ3) is 3.46. The van der Waals surface area contributed by atoms with Gasteiger partial charge in [-0.15, -0.1) is 0 Å². The fraction of sp³-hybridized carbons (Fsp3) is 0.545. The van der Waals surface area contributed by atoms with E-state index in [-0.39, 0.29) is 12.1 Å². The molecule has 1 aromatic rings. The maximum atomic E-state index is 6.52. The van der Waals surface area contributed by atoms with Crippen molar-refractivity contribution in [3.8, 4) is 0 Å². The van der Waals surface area contributed by atoms with Gasteiger partial charge in [-0.05, 0) is 38.0 Å². The molecule has 1 saturated heterocycles. The van der Waals surface area contributed by atoms with Gasteiger partial charge in [0.2, 0.25) is 0 Å². The van der Waals surface area contributed by atoms with E-state index >= 15 is 0 Å². The zero-order valence-corrected chi connectivity index (χ0v) is 18.3. The van der Waals surface area contributed by atoms with Crippen LogP contribution in [0.15, 0.2) is 40.1 Å². The van der Waals surface area contributed by atoms with Crippen molar-refractivity contribution in [3.05, 3.63) is 45.6 Å². The molecule has 2 atom stereocenters. The van der Waals surface area contributed by atoms with E-state index in [4.69, 9.17) is 33.3 Å². The van der Waals surface area contributed by atoms with Crippen LogP contribution in [0.4, 0.5) is 0 Å². The number of allylic oxidation sites excluding steroid dienone is 1. The van der Waals surface area contributed by atoms with Gasteiger partial charge < -0.3 is 4.90 Å². The van der Waals surface area contributed by atoms with Crippen molar-refractivity contribution in [1.82, 2.24) is 9.91 Å². The zero-order valence-electron chi connectivity index (χ0n) is 16.8. The van der Waals surface area contributed by atoms with Crippen molar-refractivity contribution in [3.63, 3.8) is 0 Å². The highest BCUT2D eigenvalue weighted by atomic mass is 35.5. The van der Waals surface area contributed by atoms with Crippen LogP contribution < -0.4 is 0 Å². The predicted molar refractivity (Wildman–Crippen MR) is 119 cm³/mol. The summed E-state index contributed by atoms with van der Waals surface area (Å²) in [6.45, 7) is 8.59. The lowest BCUT2D eigenvalue weighted by Gasteiger charge is -2.46. The van der Waals surface area contributed by atoms with E-state index in [0.29, 0.717) is 16.1 Å². The van der Waals surface area contributed by atoms with Crippen molar-refractivity contribution in [2.24, 2.45) is 10.1 Å². The lowest BCUT2D eigenvalue weighted by molar-refractivity contribution is 0.0959. The van der Waals surface area contributed by atoms with Crippen LogP contribution in [0, 0.1) is 0 Å². The predicted octanol–water partition coefficient (Wildman–Crippen LogP) is 5.39. The molecule has 4 rings (SSSR count). The van der Waals surface area contributed by atoms with Gasteiger partial charge >= 0.3 is 0 Å². The van der Waals surface area contributed by atoms with E-state index in [0.717, 1.165) is 30.1 Å². The first kappa shape index (κ1) is 19.8. The largest absolute Gasteiger partial charge is 0.368 e. The summed E-state index contributed by atoms with van der Waals surface area (Å²) >= 11 is 12.6. The number of rotatable bonds is 6. The van der Waals surface area contributed by atoms with Gasteiger partial charge in [0.15, 0.2) is 0 Å². The summed E-state index contributed by atoms with van der Waals surface area (Å²) in [6.07, 6.45) is 7.15. The standard InChI is InChI=1S/C22H28Cl2N4/c1-4-6-16(7-5-2)27-10-11-28-22-19(27)12-14(3)25-21(22)20(26-28)17-9-8-15(23)13-18(17)24/h8-9,12-13,16,21-22H,4-7,10-11H2,1-3H3. The van der Waals surface area contributed by atoms with Crippen LogP contribution in [0.25, 0.3) is 0 Å². The molecule has 3 heterocycles. The van der Waals surface area contributed by atoms with Gasteiger partial charge in [-0.3, -0.25) is 10.0 Å². The molecule has 0 N–H and O–H groups in total. The first-order chi connectivity index (χ1) is 13.5. The lowest BCUT2D eigenvalue weighted by atomic mass is 9.90. The molecule has 4 nitrogen and oxygen atoms in total. The highest BCUT2D eigenvalue weighted by Crippen LogP contribution is 2.38. The van der Waals surface area contributed by atoms with Crippen LogP contribution in [-0.2, 0) is 0 Å². The maximum Gasteiger partial charge on any atom is 0.122 e. The van der Waals surface area contributed by atoms with Crippen LogP contribution in [0.3, 0.4) is 0 Å². The Morgan fingerprint density at radius 3 is 2.57 bits per heavy atom. The van der Waals surface area contributed by atoms with Gasteiger partial charge in [-0.2, -0.15) is 5.10 Å². The summed E-state index contributed by atoms with van der Waals surface area (Å²) in [5.74, 6) is 0. The number of dihydropyridines is 1. The number of hydrogen-bond acceptors (Lipinski definition) is 4. The average molecular weight is 419 g/mol. The molecule has 3 aliphatic heterocycles. The molecule has 0 spiro atoms. The summed E-state index contributed by atoms with van der Waals surface area (Å²) in [7, 11) is 0. The molecule has 0 aliphatic carbocycles. The van der Waals surface area contributed by atoms with Gasteiger partial charge in [-0.25, -0.2) is 0 Å². The highest BCUT2D eigenvalue weighted by Gasteiger charge is 2.47. The second kappa shape index (κ2) is 8.08. The quantitative estimate of drug-likeness (QED) is 0.619. The second-order valence-electron chi connectivity index (χ2n) is 7.93. The van der Waals surface area contributed by atoms with Crippen LogP contribution in [0.5, 0.6) is 0 Å².